The third kappa shape index (κ3) is 5.01. The van der Waals surface area contributed by atoms with Crippen molar-refractivity contribution in [3.8, 4) is 11.1 Å². The molecule has 1 heterocycles. The van der Waals surface area contributed by atoms with Crippen LogP contribution in [0.5, 0.6) is 0 Å². The SMILES string of the molecule is O=C(NC1CC1)c1ccc(NC(=O)c2ccccc2-c2ccc(Cn3cccn3)cc2)cc1. The summed E-state index contributed by atoms with van der Waals surface area (Å²) in [6, 6.07) is 24.9. The molecule has 164 valence electrons. The molecule has 1 aromatic heterocycles. The minimum absolute atomic E-state index is 0.0725. The summed E-state index contributed by atoms with van der Waals surface area (Å²) in [6.07, 6.45) is 5.79. The van der Waals surface area contributed by atoms with Gasteiger partial charge >= 0.3 is 0 Å². The highest BCUT2D eigenvalue weighted by molar-refractivity contribution is 6.09. The zero-order valence-corrected chi connectivity index (χ0v) is 18.1. The lowest BCUT2D eigenvalue weighted by Crippen LogP contribution is -2.25. The second-order valence-electron chi connectivity index (χ2n) is 8.23. The highest BCUT2D eigenvalue weighted by Crippen LogP contribution is 2.25. The predicted molar refractivity (Wildman–Crippen MR) is 128 cm³/mol. The molecule has 0 bridgehead atoms. The zero-order valence-electron chi connectivity index (χ0n) is 18.1. The Morgan fingerprint density at radius 2 is 1.64 bits per heavy atom. The Kier molecular flexibility index (Phi) is 5.72. The quantitative estimate of drug-likeness (QED) is 0.439. The number of hydrogen-bond donors (Lipinski definition) is 2. The van der Waals surface area contributed by atoms with Crippen molar-refractivity contribution in [2.75, 3.05) is 5.32 Å². The maximum Gasteiger partial charge on any atom is 0.256 e. The Morgan fingerprint density at radius 1 is 0.879 bits per heavy atom. The Labute approximate surface area is 192 Å². The second-order valence-corrected chi connectivity index (χ2v) is 8.23. The Balaban J connectivity index is 1.30. The molecule has 0 atom stereocenters. The van der Waals surface area contributed by atoms with Crippen molar-refractivity contribution in [2.45, 2.75) is 25.4 Å². The van der Waals surface area contributed by atoms with Crippen LogP contribution in [0.3, 0.4) is 0 Å². The number of benzene rings is 3. The van der Waals surface area contributed by atoms with Gasteiger partial charge in [-0.1, -0.05) is 42.5 Å². The maximum absolute atomic E-state index is 13.1. The smallest absolute Gasteiger partial charge is 0.256 e. The Hall–Kier alpha value is -4.19. The monoisotopic (exact) mass is 436 g/mol. The number of rotatable bonds is 7. The lowest BCUT2D eigenvalue weighted by molar-refractivity contribution is 0.0950. The van der Waals surface area contributed by atoms with Crippen LogP contribution in [0.4, 0.5) is 5.69 Å². The molecule has 4 aromatic rings. The minimum atomic E-state index is -0.193. The van der Waals surface area contributed by atoms with Crippen molar-refractivity contribution in [2.24, 2.45) is 0 Å². The van der Waals surface area contributed by atoms with Crippen molar-refractivity contribution >= 4 is 17.5 Å². The molecule has 6 heteroatoms. The fourth-order valence-corrected chi connectivity index (χ4v) is 3.70. The topological polar surface area (TPSA) is 76.0 Å². The van der Waals surface area contributed by atoms with E-state index < -0.39 is 0 Å². The Morgan fingerprint density at radius 3 is 2.33 bits per heavy atom. The third-order valence-corrected chi connectivity index (χ3v) is 5.66. The molecule has 3 aromatic carbocycles. The van der Waals surface area contributed by atoms with Crippen LogP contribution < -0.4 is 10.6 Å². The summed E-state index contributed by atoms with van der Waals surface area (Å²) in [6.45, 7) is 0.698. The van der Waals surface area contributed by atoms with Gasteiger partial charge in [0.25, 0.3) is 11.8 Å². The molecule has 1 fully saturated rings. The van der Waals surface area contributed by atoms with Crippen LogP contribution in [-0.4, -0.2) is 27.6 Å². The van der Waals surface area contributed by atoms with Gasteiger partial charge in [0, 0.05) is 35.2 Å². The minimum Gasteiger partial charge on any atom is -0.349 e. The van der Waals surface area contributed by atoms with Gasteiger partial charge in [0.15, 0.2) is 0 Å². The number of carbonyl (C=O) groups excluding carboxylic acids is 2. The van der Waals surface area contributed by atoms with Gasteiger partial charge in [-0.2, -0.15) is 5.10 Å². The molecule has 0 radical (unpaired) electrons. The molecule has 0 saturated heterocycles. The average Bonchev–Trinajstić information content (AvgIpc) is 3.51. The van der Waals surface area contributed by atoms with Crippen LogP contribution in [0, 0.1) is 0 Å². The van der Waals surface area contributed by atoms with E-state index in [1.807, 2.05) is 53.3 Å². The number of hydrogen-bond acceptors (Lipinski definition) is 3. The number of aromatic nitrogens is 2. The molecule has 6 nitrogen and oxygen atoms in total. The molecular formula is C27H24N4O2. The second kappa shape index (κ2) is 9.12. The van der Waals surface area contributed by atoms with E-state index in [-0.39, 0.29) is 11.8 Å². The van der Waals surface area contributed by atoms with Crippen LogP contribution in [0.1, 0.15) is 39.1 Å². The molecule has 1 saturated carbocycles. The number of anilines is 1. The van der Waals surface area contributed by atoms with E-state index >= 15 is 0 Å². The van der Waals surface area contributed by atoms with Crippen LogP contribution in [0.15, 0.2) is 91.3 Å². The normalized spacial score (nSPS) is 12.8. The standard InChI is InChI=1S/C27H24N4O2/c32-26(29-23-14-15-23)21-10-12-22(13-11-21)30-27(33)25-5-2-1-4-24(25)20-8-6-19(7-9-20)18-31-17-3-16-28-31/h1-13,16-17,23H,14-15,18H2,(H,29,32)(H,30,33). The predicted octanol–water partition coefficient (Wildman–Crippen LogP) is 4.74. The summed E-state index contributed by atoms with van der Waals surface area (Å²) >= 11 is 0. The van der Waals surface area contributed by atoms with E-state index in [0.717, 1.165) is 29.5 Å². The first-order chi connectivity index (χ1) is 16.2. The van der Waals surface area contributed by atoms with Gasteiger partial charge in [0.1, 0.15) is 0 Å². The first-order valence-electron chi connectivity index (χ1n) is 11.0. The van der Waals surface area contributed by atoms with E-state index in [0.29, 0.717) is 29.4 Å². The van der Waals surface area contributed by atoms with Gasteiger partial charge < -0.3 is 10.6 Å². The summed E-state index contributed by atoms with van der Waals surface area (Å²) in [4.78, 5) is 25.2. The van der Waals surface area contributed by atoms with E-state index in [1.54, 1.807) is 30.5 Å². The lowest BCUT2D eigenvalue weighted by Gasteiger charge is -2.12. The molecule has 0 unspecified atom stereocenters. The lowest BCUT2D eigenvalue weighted by atomic mass is 9.98. The van der Waals surface area contributed by atoms with Crippen molar-refractivity contribution in [1.82, 2.24) is 15.1 Å². The Bertz CT molecular complexity index is 1260. The maximum atomic E-state index is 13.1. The van der Waals surface area contributed by atoms with E-state index in [9.17, 15) is 9.59 Å². The molecule has 33 heavy (non-hydrogen) atoms. The molecule has 0 aliphatic heterocycles. The highest BCUT2D eigenvalue weighted by Gasteiger charge is 2.23. The fraction of sp³-hybridized carbons (Fsp3) is 0.148. The molecular weight excluding hydrogens is 412 g/mol. The highest BCUT2D eigenvalue weighted by atomic mass is 16.2. The van der Waals surface area contributed by atoms with Gasteiger partial charge in [-0.05, 0) is 65.9 Å². The average molecular weight is 437 g/mol. The van der Waals surface area contributed by atoms with Crippen LogP contribution in [0.25, 0.3) is 11.1 Å². The molecule has 1 aliphatic rings. The van der Waals surface area contributed by atoms with Crippen molar-refractivity contribution in [1.29, 1.82) is 0 Å². The van der Waals surface area contributed by atoms with Crippen molar-refractivity contribution in [3.05, 3.63) is 108 Å². The largest absolute Gasteiger partial charge is 0.349 e. The summed E-state index contributed by atoms with van der Waals surface area (Å²) in [7, 11) is 0. The first-order valence-corrected chi connectivity index (χ1v) is 11.0. The number of nitrogens with one attached hydrogen (secondary N) is 2. The van der Waals surface area contributed by atoms with E-state index in [1.165, 1.54) is 0 Å². The molecule has 2 amide bonds. The van der Waals surface area contributed by atoms with Gasteiger partial charge in [0.2, 0.25) is 0 Å². The number of carbonyl (C=O) groups is 2. The molecule has 5 rings (SSSR count). The van der Waals surface area contributed by atoms with Gasteiger partial charge in [-0.3, -0.25) is 14.3 Å². The van der Waals surface area contributed by atoms with Crippen LogP contribution in [-0.2, 0) is 6.54 Å². The number of amides is 2. The van der Waals surface area contributed by atoms with E-state index in [4.69, 9.17) is 0 Å². The fourth-order valence-electron chi connectivity index (χ4n) is 3.70. The third-order valence-electron chi connectivity index (χ3n) is 5.66. The first kappa shape index (κ1) is 20.7. The summed E-state index contributed by atoms with van der Waals surface area (Å²) < 4.78 is 1.87. The number of nitrogens with zero attached hydrogens (tertiary/aromatic N) is 2. The molecule has 1 aliphatic carbocycles. The summed E-state index contributed by atoms with van der Waals surface area (Å²) in [5, 5.41) is 10.2. The van der Waals surface area contributed by atoms with Crippen molar-refractivity contribution in [3.63, 3.8) is 0 Å². The van der Waals surface area contributed by atoms with Crippen LogP contribution in [0.2, 0.25) is 0 Å². The summed E-state index contributed by atoms with van der Waals surface area (Å²) in [5.74, 6) is -0.266. The van der Waals surface area contributed by atoms with Gasteiger partial charge in [-0.25, -0.2) is 0 Å². The zero-order chi connectivity index (χ0) is 22.6. The van der Waals surface area contributed by atoms with Crippen LogP contribution >= 0.6 is 0 Å². The van der Waals surface area contributed by atoms with E-state index in [2.05, 4.69) is 27.9 Å². The molecule has 2 N–H and O–H groups in total. The summed E-state index contributed by atoms with van der Waals surface area (Å²) in [5.41, 5.74) is 4.80. The van der Waals surface area contributed by atoms with Gasteiger partial charge in [-0.15, -0.1) is 0 Å². The van der Waals surface area contributed by atoms with Gasteiger partial charge in [0.05, 0.1) is 6.54 Å². The molecule has 0 spiro atoms. The van der Waals surface area contributed by atoms with Crippen molar-refractivity contribution < 1.29 is 9.59 Å².